The van der Waals surface area contributed by atoms with Gasteiger partial charge in [-0.05, 0) is 46.3 Å². The molecule has 0 amide bonds. The maximum Gasteiger partial charge on any atom is 0.171 e. The molecule has 1 atom stereocenters. The normalized spacial score (nSPS) is 36.4. The predicted octanol–water partition coefficient (Wildman–Crippen LogP) is 2.81. The molecule has 1 unspecified atom stereocenters. The van der Waals surface area contributed by atoms with E-state index in [1.165, 1.54) is 18.6 Å². The summed E-state index contributed by atoms with van der Waals surface area (Å²) in [5.41, 5.74) is -0.332. The zero-order valence-corrected chi connectivity index (χ0v) is 10.3. The van der Waals surface area contributed by atoms with Crippen molar-refractivity contribution in [2.75, 3.05) is 5.75 Å². The Labute approximate surface area is 90.7 Å². The summed E-state index contributed by atoms with van der Waals surface area (Å²) in [7, 11) is 0. The van der Waals surface area contributed by atoms with Crippen molar-refractivity contribution in [3.8, 4) is 0 Å². The van der Waals surface area contributed by atoms with Gasteiger partial charge >= 0.3 is 0 Å². The number of ether oxygens (including phenoxy) is 2. The first-order valence-electron chi connectivity index (χ1n) is 5.40. The average molecular weight is 216 g/mol. The molecule has 2 rings (SSSR count). The van der Waals surface area contributed by atoms with Gasteiger partial charge in [0.1, 0.15) is 0 Å². The average Bonchev–Trinajstić information content (AvgIpc) is 2.58. The molecular weight excluding hydrogens is 196 g/mol. The van der Waals surface area contributed by atoms with E-state index in [1.807, 2.05) is 11.8 Å². The van der Waals surface area contributed by atoms with Gasteiger partial charge in [0.15, 0.2) is 6.29 Å². The van der Waals surface area contributed by atoms with Crippen LogP contribution in [0.15, 0.2) is 0 Å². The molecule has 2 nitrogen and oxygen atoms in total. The molecule has 0 aromatic rings. The molecule has 0 spiro atoms. The second-order valence-electron chi connectivity index (χ2n) is 5.18. The first-order chi connectivity index (χ1) is 6.42. The molecule has 0 aliphatic carbocycles. The van der Waals surface area contributed by atoms with E-state index in [1.54, 1.807) is 0 Å². The van der Waals surface area contributed by atoms with E-state index in [-0.39, 0.29) is 17.5 Å². The van der Waals surface area contributed by atoms with E-state index in [0.29, 0.717) is 5.25 Å². The third kappa shape index (κ3) is 1.70. The van der Waals surface area contributed by atoms with Gasteiger partial charge in [0.25, 0.3) is 0 Å². The van der Waals surface area contributed by atoms with E-state index in [0.717, 1.165) is 0 Å². The minimum atomic E-state index is -0.166. The molecule has 82 valence electrons. The van der Waals surface area contributed by atoms with Gasteiger partial charge in [-0.25, -0.2) is 0 Å². The van der Waals surface area contributed by atoms with E-state index in [4.69, 9.17) is 9.47 Å². The van der Waals surface area contributed by atoms with E-state index < -0.39 is 0 Å². The monoisotopic (exact) mass is 216 g/mol. The van der Waals surface area contributed by atoms with Crippen LogP contribution < -0.4 is 0 Å². The summed E-state index contributed by atoms with van der Waals surface area (Å²) < 4.78 is 12.0. The molecule has 0 aromatic heterocycles. The zero-order chi connectivity index (χ0) is 10.4. The smallest absolute Gasteiger partial charge is 0.171 e. The molecule has 0 saturated carbocycles. The van der Waals surface area contributed by atoms with Crippen LogP contribution in [0.1, 0.15) is 40.5 Å². The van der Waals surface area contributed by atoms with E-state index >= 15 is 0 Å². The predicted molar refractivity (Wildman–Crippen MR) is 59.6 cm³/mol. The molecule has 2 saturated heterocycles. The fourth-order valence-corrected chi connectivity index (χ4v) is 3.10. The van der Waals surface area contributed by atoms with Crippen molar-refractivity contribution in [3.63, 3.8) is 0 Å². The van der Waals surface area contributed by atoms with Gasteiger partial charge in [-0.2, -0.15) is 11.8 Å². The zero-order valence-electron chi connectivity index (χ0n) is 9.50. The Morgan fingerprint density at radius 1 is 1.07 bits per heavy atom. The Balaban J connectivity index is 2.05. The number of thioether (sulfide) groups is 1. The van der Waals surface area contributed by atoms with Gasteiger partial charge in [-0.1, -0.05) is 0 Å². The number of hydrogen-bond donors (Lipinski definition) is 0. The highest BCUT2D eigenvalue weighted by Crippen LogP contribution is 2.43. The van der Waals surface area contributed by atoms with Gasteiger partial charge in [0, 0.05) is 0 Å². The molecule has 0 N–H and O–H groups in total. The molecule has 2 aliphatic heterocycles. The van der Waals surface area contributed by atoms with Crippen LogP contribution >= 0.6 is 11.8 Å². The summed E-state index contributed by atoms with van der Waals surface area (Å²) in [6.45, 7) is 8.47. The second kappa shape index (κ2) is 3.39. The van der Waals surface area contributed by atoms with Crippen molar-refractivity contribution >= 4 is 11.8 Å². The highest BCUT2D eigenvalue weighted by Gasteiger charge is 2.51. The molecule has 3 heteroatoms. The van der Waals surface area contributed by atoms with Crippen LogP contribution in [0.4, 0.5) is 0 Å². The quantitative estimate of drug-likeness (QED) is 0.671. The van der Waals surface area contributed by atoms with Gasteiger partial charge in [-0.15, -0.1) is 0 Å². The molecule has 14 heavy (non-hydrogen) atoms. The molecule has 0 aromatic carbocycles. The van der Waals surface area contributed by atoms with Crippen LogP contribution in [0.2, 0.25) is 0 Å². The van der Waals surface area contributed by atoms with Crippen LogP contribution in [-0.2, 0) is 9.47 Å². The fourth-order valence-electron chi connectivity index (χ4n) is 1.86. The maximum absolute atomic E-state index is 6.00. The lowest BCUT2D eigenvalue weighted by molar-refractivity contribution is -0.0858. The molecule has 0 bridgehead atoms. The standard InChI is InChI=1S/C11H20O2S/c1-10(2)11(3,4)13-9(12-10)8-6-5-7-14-8/h8-9H,5-7H2,1-4H3. The van der Waals surface area contributed by atoms with Crippen LogP contribution in [0.25, 0.3) is 0 Å². The van der Waals surface area contributed by atoms with Gasteiger partial charge in [0.05, 0.1) is 16.5 Å². The minimum Gasteiger partial charge on any atom is -0.343 e. The summed E-state index contributed by atoms with van der Waals surface area (Å²) in [5.74, 6) is 1.26. The second-order valence-corrected chi connectivity index (χ2v) is 6.52. The van der Waals surface area contributed by atoms with Crippen LogP contribution in [0.3, 0.4) is 0 Å². The summed E-state index contributed by atoms with van der Waals surface area (Å²) in [6.07, 6.45) is 2.55. The SMILES string of the molecule is CC1(C)OC(C2CCCS2)OC1(C)C. The topological polar surface area (TPSA) is 18.5 Å². The maximum atomic E-state index is 6.00. The molecule has 2 fully saturated rings. The van der Waals surface area contributed by atoms with Crippen molar-refractivity contribution in [1.82, 2.24) is 0 Å². The Morgan fingerprint density at radius 2 is 1.64 bits per heavy atom. The lowest BCUT2D eigenvalue weighted by Gasteiger charge is -2.30. The summed E-state index contributed by atoms with van der Waals surface area (Å²) in [5, 5.41) is 0.552. The molecule has 2 aliphatic rings. The Bertz CT molecular complexity index is 203. The van der Waals surface area contributed by atoms with Crippen molar-refractivity contribution < 1.29 is 9.47 Å². The van der Waals surface area contributed by atoms with E-state index in [9.17, 15) is 0 Å². The summed E-state index contributed by atoms with van der Waals surface area (Å²) >= 11 is 1.99. The summed E-state index contributed by atoms with van der Waals surface area (Å²) in [6, 6.07) is 0. The molecular formula is C11H20O2S. The van der Waals surface area contributed by atoms with Crippen molar-refractivity contribution in [1.29, 1.82) is 0 Å². The van der Waals surface area contributed by atoms with E-state index in [2.05, 4.69) is 27.7 Å². The summed E-state index contributed by atoms with van der Waals surface area (Å²) in [4.78, 5) is 0. The highest BCUT2D eigenvalue weighted by molar-refractivity contribution is 8.00. The Kier molecular flexibility index (Phi) is 2.61. The van der Waals surface area contributed by atoms with Crippen LogP contribution in [0, 0.1) is 0 Å². The lowest BCUT2D eigenvalue weighted by Crippen LogP contribution is -2.41. The lowest BCUT2D eigenvalue weighted by atomic mass is 9.90. The van der Waals surface area contributed by atoms with Crippen LogP contribution in [-0.4, -0.2) is 28.5 Å². The Morgan fingerprint density at radius 3 is 2.07 bits per heavy atom. The van der Waals surface area contributed by atoms with Crippen molar-refractivity contribution in [2.24, 2.45) is 0 Å². The van der Waals surface area contributed by atoms with Crippen molar-refractivity contribution in [2.45, 2.75) is 63.3 Å². The number of hydrogen-bond acceptors (Lipinski definition) is 3. The first kappa shape index (κ1) is 10.8. The first-order valence-corrected chi connectivity index (χ1v) is 6.44. The third-order valence-corrected chi connectivity index (χ3v) is 4.95. The van der Waals surface area contributed by atoms with Gasteiger partial charge in [0.2, 0.25) is 0 Å². The van der Waals surface area contributed by atoms with Crippen molar-refractivity contribution in [3.05, 3.63) is 0 Å². The third-order valence-electron chi connectivity index (χ3n) is 3.54. The number of rotatable bonds is 1. The molecule has 2 heterocycles. The Hall–Kier alpha value is 0.270. The minimum absolute atomic E-state index is 0.00694. The molecule has 0 radical (unpaired) electrons. The fraction of sp³-hybridized carbons (Fsp3) is 1.00. The highest BCUT2D eigenvalue weighted by atomic mass is 32.2. The largest absolute Gasteiger partial charge is 0.343 e. The van der Waals surface area contributed by atoms with Gasteiger partial charge < -0.3 is 9.47 Å². The van der Waals surface area contributed by atoms with Gasteiger partial charge in [-0.3, -0.25) is 0 Å². The van der Waals surface area contributed by atoms with Crippen LogP contribution in [0.5, 0.6) is 0 Å².